The maximum atomic E-state index is 11.4. The first-order valence-corrected chi connectivity index (χ1v) is 8.01. The SMILES string of the molecule is Cc1cc(C)c(C(=O)O)c(Sc2nc(C(C)(C)C)ns2)n1. The number of carbonyl (C=O) groups is 1. The Kier molecular flexibility index (Phi) is 4.34. The molecule has 0 saturated carbocycles. The van der Waals surface area contributed by atoms with Crippen molar-refractivity contribution in [3.05, 3.63) is 28.7 Å². The fourth-order valence-corrected chi connectivity index (χ4v) is 3.72. The highest BCUT2D eigenvalue weighted by Crippen LogP contribution is 2.33. The molecule has 0 radical (unpaired) electrons. The zero-order chi connectivity index (χ0) is 15.8. The molecule has 2 aromatic heterocycles. The van der Waals surface area contributed by atoms with Gasteiger partial charge in [-0.25, -0.2) is 14.8 Å². The lowest BCUT2D eigenvalue weighted by atomic mass is 9.96. The van der Waals surface area contributed by atoms with E-state index in [0.717, 1.165) is 11.5 Å². The molecule has 0 unspecified atom stereocenters. The number of nitrogens with zero attached hydrogens (tertiary/aromatic N) is 3. The third kappa shape index (κ3) is 3.59. The average Bonchev–Trinajstić information content (AvgIpc) is 2.75. The maximum Gasteiger partial charge on any atom is 0.338 e. The fourth-order valence-electron chi connectivity index (χ4n) is 1.77. The lowest BCUT2D eigenvalue weighted by molar-refractivity contribution is 0.0691. The molecule has 2 rings (SSSR count). The zero-order valence-corrected chi connectivity index (χ0v) is 14.2. The number of hydrogen-bond acceptors (Lipinski definition) is 6. The second-order valence-corrected chi connectivity index (χ2v) is 7.79. The van der Waals surface area contributed by atoms with E-state index >= 15 is 0 Å². The number of carboxylic acids is 1. The number of carboxylic acid groups (broad SMARTS) is 1. The molecule has 1 N–H and O–H groups in total. The lowest BCUT2D eigenvalue weighted by Crippen LogP contribution is -2.13. The summed E-state index contributed by atoms with van der Waals surface area (Å²) in [6.45, 7) is 9.76. The van der Waals surface area contributed by atoms with Crippen molar-refractivity contribution in [3.63, 3.8) is 0 Å². The third-order valence-electron chi connectivity index (χ3n) is 2.79. The van der Waals surface area contributed by atoms with E-state index in [0.29, 0.717) is 14.9 Å². The molecule has 112 valence electrons. The number of rotatable bonds is 3. The van der Waals surface area contributed by atoms with Crippen LogP contribution in [0.5, 0.6) is 0 Å². The van der Waals surface area contributed by atoms with Crippen molar-refractivity contribution in [2.75, 3.05) is 0 Å². The normalized spacial score (nSPS) is 11.7. The van der Waals surface area contributed by atoms with Gasteiger partial charge in [0.25, 0.3) is 0 Å². The van der Waals surface area contributed by atoms with Crippen molar-refractivity contribution in [1.82, 2.24) is 14.3 Å². The van der Waals surface area contributed by atoms with Crippen molar-refractivity contribution in [2.24, 2.45) is 0 Å². The molecule has 0 aliphatic carbocycles. The Morgan fingerprint density at radius 2 is 1.95 bits per heavy atom. The molecule has 2 aromatic rings. The molecule has 0 bridgehead atoms. The second-order valence-electron chi connectivity index (χ2n) is 5.80. The van der Waals surface area contributed by atoms with Gasteiger partial charge in [-0.2, -0.15) is 4.37 Å². The van der Waals surface area contributed by atoms with Gasteiger partial charge in [0.1, 0.15) is 10.9 Å². The summed E-state index contributed by atoms with van der Waals surface area (Å²) in [7, 11) is 0. The highest BCUT2D eigenvalue weighted by Gasteiger charge is 2.22. The van der Waals surface area contributed by atoms with Gasteiger partial charge in [0, 0.05) is 11.1 Å². The van der Waals surface area contributed by atoms with E-state index in [1.54, 1.807) is 13.0 Å². The van der Waals surface area contributed by atoms with Crippen molar-refractivity contribution < 1.29 is 9.90 Å². The van der Waals surface area contributed by atoms with Crippen molar-refractivity contribution in [2.45, 2.75) is 49.4 Å². The zero-order valence-electron chi connectivity index (χ0n) is 12.6. The van der Waals surface area contributed by atoms with Gasteiger partial charge in [0.2, 0.25) is 0 Å². The number of hydrogen-bond donors (Lipinski definition) is 1. The molecular weight excluding hydrogens is 306 g/mol. The molecule has 2 heterocycles. The van der Waals surface area contributed by atoms with Crippen LogP contribution in [0.1, 0.15) is 48.2 Å². The van der Waals surface area contributed by atoms with Crippen molar-refractivity contribution >= 4 is 29.3 Å². The number of pyridine rings is 1. The molecular formula is C14H17N3O2S2. The number of aryl methyl sites for hydroxylation is 2. The molecule has 0 aromatic carbocycles. The van der Waals surface area contributed by atoms with Gasteiger partial charge >= 0.3 is 5.97 Å². The second kappa shape index (κ2) is 5.73. The lowest BCUT2D eigenvalue weighted by Gasteiger charge is -2.12. The van der Waals surface area contributed by atoms with Gasteiger partial charge in [-0.15, -0.1) is 0 Å². The van der Waals surface area contributed by atoms with Gasteiger partial charge in [0.15, 0.2) is 4.34 Å². The first kappa shape index (κ1) is 15.9. The van der Waals surface area contributed by atoms with E-state index in [9.17, 15) is 9.90 Å². The molecule has 7 heteroatoms. The van der Waals surface area contributed by atoms with Crippen molar-refractivity contribution in [3.8, 4) is 0 Å². The van der Waals surface area contributed by atoms with Crippen LogP contribution in [0.25, 0.3) is 0 Å². The van der Waals surface area contributed by atoms with E-state index in [2.05, 4.69) is 14.3 Å². The highest BCUT2D eigenvalue weighted by molar-refractivity contribution is 8.01. The Bertz CT molecular complexity index is 690. The predicted molar refractivity (Wildman–Crippen MR) is 83.4 cm³/mol. The molecule has 0 aliphatic rings. The summed E-state index contributed by atoms with van der Waals surface area (Å²) in [5, 5.41) is 9.83. The van der Waals surface area contributed by atoms with Crippen LogP contribution in [-0.4, -0.2) is 25.4 Å². The fraction of sp³-hybridized carbons (Fsp3) is 0.429. The van der Waals surface area contributed by atoms with E-state index < -0.39 is 5.97 Å². The quantitative estimate of drug-likeness (QED) is 0.928. The first-order chi connectivity index (χ1) is 9.68. The molecule has 0 spiro atoms. The first-order valence-electron chi connectivity index (χ1n) is 6.42. The summed E-state index contributed by atoms with van der Waals surface area (Å²) in [5.74, 6) is -0.209. The minimum Gasteiger partial charge on any atom is -0.478 e. The summed E-state index contributed by atoms with van der Waals surface area (Å²) < 4.78 is 5.05. The van der Waals surface area contributed by atoms with Gasteiger partial charge in [-0.3, -0.25) is 0 Å². The van der Waals surface area contributed by atoms with Crippen LogP contribution in [-0.2, 0) is 5.41 Å². The van der Waals surface area contributed by atoms with Crippen LogP contribution in [0.4, 0.5) is 0 Å². The van der Waals surface area contributed by atoms with Crippen LogP contribution < -0.4 is 0 Å². The van der Waals surface area contributed by atoms with Crippen LogP contribution in [0, 0.1) is 13.8 Å². The Balaban J connectivity index is 2.40. The summed E-state index contributed by atoms with van der Waals surface area (Å²) in [6, 6.07) is 1.77. The summed E-state index contributed by atoms with van der Waals surface area (Å²) in [6.07, 6.45) is 0. The summed E-state index contributed by atoms with van der Waals surface area (Å²) in [4.78, 5) is 20.2. The summed E-state index contributed by atoms with van der Waals surface area (Å²) in [5.41, 5.74) is 1.61. The van der Waals surface area contributed by atoms with E-state index in [1.165, 1.54) is 23.3 Å². The largest absolute Gasteiger partial charge is 0.478 e. The van der Waals surface area contributed by atoms with Crippen LogP contribution in [0.2, 0.25) is 0 Å². The van der Waals surface area contributed by atoms with Gasteiger partial charge in [-0.05, 0) is 48.8 Å². The number of aromatic carboxylic acids is 1. The Labute approximate surface area is 132 Å². The molecule has 0 aliphatic heterocycles. The van der Waals surface area contributed by atoms with E-state index in [4.69, 9.17) is 0 Å². The summed E-state index contributed by atoms with van der Waals surface area (Å²) >= 11 is 2.53. The molecule has 0 saturated heterocycles. The Hall–Kier alpha value is -1.47. The van der Waals surface area contributed by atoms with Crippen molar-refractivity contribution in [1.29, 1.82) is 0 Å². The van der Waals surface area contributed by atoms with Gasteiger partial charge < -0.3 is 5.11 Å². The standard InChI is InChI=1S/C14H17N3O2S2/c1-7-6-8(2)15-10(9(7)11(18)19)20-13-16-12(17-21-13)14(3,4)5/h6H,1-5H3,(H,18,19). The van der Waals surface area contributed by atoms with Crippen LogP contribution in [0.3, 0.4) is 0 Å². The molecule has 5 nitrogen and oxygen atoms in total. The molecule has 0 fully saturated rings. The molecule has 21 heavy (non-hydrogen) atoms. The minimum atomic E-state index is -0.969. The van der Waals surface area contributed by atoms with E-state index in [1.807, 2.05) is 27.7 Å². The molecule has 0 amide bonds. The molecule has 0 atom stereocenters. The Morgan fingerprint density at radius 1 is 1.29 bits per heavy atom. The smallest absolute Gasteiger partial charge is 0.338 e. The third-order valence-corrected chi connectivity index (χ3v) is 4.53. The minimum absolute atomic E-state index is 0.124. The maximum absolute atomic E-state index is 11.4. The van der Waals surface area contributed by atoms with Crippen LogP contribution in [0.15, 0.2) is 15.4 Å². The van der Waals surface area contributed by atoms with Gasteiger partial charge in [0.05, 0.1) is 5.56 Å². The highest BCUT2D eigenvalue weighted by atomic mass is 32.2. The van der Waals surface area contributed by atoms with E-state index in [-0.39, 0.29) is 11.0 Å². The predicted octanol–water partition coefficient (Wildman–Crippen LogP) is 3.70. The Morgan fingerprint density at radius 3 is 2.48 bits per heavy atom. The van der Waals surface area contributed by atoms with Gasteiger partial charge in [-0.1, -0.05) is 20.8 Å². The monoisotopic (exact) mass is 323 g/mol. The average molecular weight is 323 g/mol. The van der Waals surface area contributed by atoms with Crippen LogP contribution >= 0.6 is 23.3 Å². The number of aromatic nitrogens is 3. The topological polar surface area (TPSA) is 76.0 Å².